The van der Waals surface area contributed by atoms with Crippen LogP contribution in [0.25, 0.3) is 0 Å². The number of carbonyl (C=O) groups excluding carboxylic acids is 1. The van der Waals surface area contributed by atoms with Crippen LogP contribution in [0.1, 0.15) is 22.3 Å². The zero-order chi connectivity index (χ0) is 15.2. The monoisotopic (exact) mass is 285 g/mol. The van der Waals surface area contributed by atoms with Crippen molar-refractivity contribution in [3.8, 4) is 11.8 Å². The van der Waals surface area contributed by atoms with Gasteiger partial charge in [0, 0.05) is 31.3 Å². The Labute approximate surface area is 126 Å². The molecule has 0 saturated carbocycles. The van der Waals surface area contributed by atoms with Gasteiger partial charge < -0.3 is 15.5 Å². The summed E-state index contributed by atoms with van der Waals surface area (Å²) in [6.45, 7) is 3.33. The van der Waals surface area contributed by atoms with Gasteiger partial charge in [-0.2, -0.15) is 0 Å². The van der Waals surface area contributed by atoms with Crippen LogP contribution in [-0.4, -0.2) is 56.0 Å². The van der Waals surface area contributed by atoms with E-state index in [1.54, 1.807) is 0 Å². The van der Waals surface area contributed by atoms with Gasteiger partial charge in [-0.25, -0.2) is 0 Å². The van der Waals surface area contributed by atoms with E-state index in [0.717, 1.165) is 31.6 Å². The molecule has 112 valence electrons. The molecule has 4 nitrogen and oxygen atoms in total. The van der Waals surface area contributed by atoms with Gasteiger partial charge in [0.2, 0.25) is 0 Å². The normalized spacial score (nSPS) is 18.1. The first-order valence-electron chi connectivity index (χ1n) is 7.33. The van der Waals surface area contributed by atoms with Crippen LogP contribution in [-0.2, 0) is 0 Å². The van der Waals surface area contributed by atoms with E-state index in [4.69, 9.17) is 5.73 Å². The van der Waals surface area contributed by atoms with Crippen LogP contribution in [0.5, 0.6) is 0 Å². The summed E-state index contributed by atoms with van der Waals surface area (Å²) in [6, 6.07) is 7.44. The highest BCUT2D eigenvalue weighted by atomic mass is 16.2. The second-order valence-electron chi connectivity index (χ2n) is 5.69. The Hall–Kier alpha value is -1.83. The van der Waals surface area contributed by atoms with Crippen molar-refractivity contribution in [2.75, 3.05) is 40.3 Å². The predicted octanol–water partition coefficient (Wildman–Crippen LogP) is 1.02. The molecule has 4 heteroatoms. The van der Waals surface area contributed by atoms with Crippen molar-refractivity contribution in [1.29, 1.82) is 0 Å². The molecule has 0 spiro atoms. The average molecular weight is 285 g/mol. The molecule has 1 aliphatic rings. The van der Waals surface area contributed by atoms with Gasteiger partial charge in [-0.05, 0) is 44.1 Å². The highest BCUT2D eigenvalue weighted by Gasteiger charge is 2.23. The lowest BCUT2D eigenvalue weighted by atomic mass is 10.1. The van der Waals surface area contributed by atoms with Gasteiger partial charge in [-0.1, -0.05) is 17.9 Å². The third kappa shape index (κ3) is 4.32. The summed E-state index contributed by atoms with van der Waals surface area (Å²) >= 11 is 0. The summed E-state index contributed by atoms with van der Waals surface area (Å²) in [5.41, 5.74) is 6.89. The van der Waals surface area contributed by atoms with E-state index in [1.807, 2.05) is 36.2 Å². The maximum atomic E-state index is 12.5. The Bertz CT molecular complexity index is 559. The minimum atomic E-state index is 0.0564. The summed E-state index contributed by atoms with van der Waals surface area (Å²) in [5.74, 6) is 6.41. The molecule has 1 saturated heterocycles. The summed E-state index contributed by atoms with van der Waals surface area (Å²) in [4.78, 5) is 16.6. The fourth-order valence-corrected chi connectivity index (χ4v) is 2.75. The molecule has 1 aliphatic heterocycles. The molecule has 0 aromatic heterocycles. The van der Waals surface area contributed by atoms with Gasteiger partial charge in [0.05, 0.1) is 6.54 Å². The topological polar surface area (TPSA) is 49.6 Å². The van der Waals surface area contributed by atoms with Crippen LogP contribution in [0.3, 0.4) is 0 Å². The first-order valence-corrected chi connectivity index (χ1v) is 7.33. The summed E-state index contributed by atoms with van der Waals surface area (Å²) in [6.07, 6.45) is 1.16. The number of nitrogens with two attached hydrogens (primary N) is 1. The molecular weight excluding hydrogens is 262 g/mol. The Kier molecular flexibility index (Phi) is 5.38. The molecule has 21 heavy (non-hydrogen) atoms. The SMILES string of the molecule is CN1CCC(CN(C)C(=O)c2cccc(C#CCN)c2)C1. The van der Waals surface area contributed by atoms with Crippen molar-refractivity contribution in [3.05, 3.63) is 35.4 Å². The molecule has 0 radical (unpaired) electrons. The molecule has 1 fully saturated rings. The molecular formula is C17H23N3O. The largest absolute Gasteiger partial charge is 0.341 e. The van der Waals surface area contributed by atoms with E-state index in [-0.39, 0.29) is 5.91 Å². The maximum Gasteiger partial charge on any atom is 0.253 e. The number of amides is 1. The van der Waals surface area contributed by atoms with Gasteiger partial charge in [0.15, 0.2) is 0 Å². The highest BCUT2D eigenvalue weighted by molar-refractivity contribution is 5.94. The number of benzene rings is 1. The fourth-order valence-electron chi connectivity index (χ4n) is 2.75. The standard InChI is InChI=1S/C17H23N3O/c1-19-10-8-15(12-19)13-20(2)17(21)16-7-3-5-14(11-16)6-4-9-18/h3,5,7,11,15H,8-10,12-13,18H2,1-2H3. The van der Waals surface area contributed by atoms with Crippen molar-refractivity contribution in [2.45, 2.75) is 6.42 Å². The minimum Gasteiger partial charge on any atom is -0.341 e. The molecule has 0 aliphatic carbocycles. The lowest BCUT2D eigenvalue weighted by molar-refractivity contribution is 0.0774. The molecule has 1 heterocycles. The van der Waals surface area contributed by atoms with E-state index >= 15 is 0 Å². The van der Waals surface area contributed by atoms with Crippen LogP contribution < -0.4 is 5.73 Å². The Morgan fingerprint density at radius 2 is 2.33 bits per heavy atom. The Morgan fingerprint density at radius 1 is 1.52 bits per heavy atom. The van der Waals surface area contributed by atoms with Gasteiger partial charge in [-0.3, -0.25) is 4.79 Å². The predicted molar refractivity (Wildman–Crippen MR) is 84.9 cm³/mol. The molecule has 1 unspecified atom stereocenters. The summed E-state index contributed by atoms with van der Waals surface area (Å²) in [5, 5.41) is 0. The van der Waals surface area contributed by atoms with Crippen molar-refractivity contribution >= 4 is 5.91 Å². The number of carbonyl (C=O) groups is 1. The van der Waals surface area contributed by atoms with Crippen molar-refractivity contribution in [1.82, 2.24) is 9.80 Å². The van der Waals surface area contributed by atoms with Crippen molar-refractivity contribution in [2.24, 2.45) is 11.7 Å². The molecule has 1 amide bonds. The van der Waals surface area contributed by atoms with Gasteiger partial charge in [0.1, 0.15) is 0 Å². The first-order chi connectivity index (χ1) is 10.1. The third-order valence-corrected chi connectivity index (χ3v) is 3.81. The number of likely N-dealkylation sites (tertiary alicyclic amines) is 1. The Balaban J connectivity index is 2.01. The van der Waals surface area contributed by atoms with Crippen LogP contribution in [0.15, 0.2) is 24.3 Å². The minimum absolute atomic E-state index is 0.0564. The molecule has 1 aromatic carbocycles. The summed E-state index contributed by atoms with van der Waals surface area (Å²) in [7, 11) is 4.00. The zero-order valence-corrected chi connectivity index (χ0v) is 12.8. The van der Waals surface area contributed by atoms with Gasteiger partial charge in [0.25, 0.3) is 5.91 Å². The third-order valence-electron chi connectivity index (χ3n) is 3.81. The molecule has 0 bridgehead atoms. The number of rotatable bonds is 3. The average Bonchev–Trinajstić information content (AvgIpc) is 2.89. The Morgan fingerprint density at radius 3 is 3.00 bits per heavy atom. The lowest BCUT2D eigenvalue weighted by Crippen LogP contribution is -2.32. The molecule has 2 N–H and O–H groups in total. The van der Waals surface area contributed by atoms with E-state index in [2.05, 4.69) is 23.8 Å². The molecule has 1 aromatic rings. The van der Waals surface area contributed by atoms with Crippen molar-refractivity contribution < 1.29 is 4.79 Å². The van der Waals surface area contributed by atoms with Gasteiger partial charge >= 0.3 is 0 Å². The first kappa shape index (κ1) is 15.6. The van der Waals surface area contributed by atoms with Crippen LogP contribution in [0, 0.1) is 17.8 Å². The van der Waals surface area contributed by atoms with Crippen LogP contribution in [0.2, 0.25) is 0 Å². The second kappa shape index (κ2) is 7.26. The fraction of sp³-hybridized carbons (Fsp3) is 0.471. The van der Waals surface area contributed by atoms with E-state index in [1.165, 1.54) is 0 Å². The van der Waals surface area contributed by atoms with Crippen LogP contribution in [0.4, 0.5) is 0 Å². The van der Waals surface area contributed by atoms with E-state index in [9.17, 15) is 4.79 Å². The van der Waals surface area contributed by atoms with Crippen LogP contribution >= 0.6 is 0 Å². The van der Waals surface area contributed by atoms with E-state index in [0.29, 0.717) is 18.0 Å². The van der Waals surface area contributed by atoms with Gasteiger partial charge in [-0.15, -0.1) is 0 Å². The van der Waals surface area contributed by atoms with Crippen molar-refractivity contribution in [3.63, 3.8) is 0 Å². The molecule has 1 atom stereocenters. The smallest absolute Gasteiger partial charge is 0.253 e. The quantitative estimate of drug-likeness (QED) is 0.844. The highest BCUT2D eigenvalue weighted by Crippen LogP contribution is 2.16. The lowest BCUT2D eigenvalue weighted by Gasteiger charge is -2.21. The summed E-state index contributed by atoms with van der Waals surface area (Å²) < 4.78 is 0. The number of hydrogen-bond acceptors (Lipinski definition) is 3. The number of nitrogens with zero attached hydrogens (tertiary/aromatic N) is 2. The second-order valence-corrected chi connectivity index (χ2v) is 5.69. The number of hydrogen-bond donors (Lipinski definition) is 1. The zero-order valence-electron chi connectivity index (χ0n) is 12.8. The van der Waals surface area contributed by atoms with E-state index < -0.39 is 0 Å². The maximum absolute atomic E-state index is 12.5. The molecule has 2 rings (SSSR count).